The van der Waals surface area contributed by atoms with Gasteiger partial charge in [0.05, 0.1) is 10.6 Å². The number of rotatable bonds is 3. The number of fused-ring (bicyclic) bond motifs is 1. The number of carbonyl (C=O) groups excluding carboxylic acids is 1. The van der Waals surface area contributed by atoms with Crippen LogP contribution in [0.3, 0.4) is 0 Å². The predicted octanol–water partition coefficient (Wildman–Crippen LogP) is 2.00. The van der Waals surface area contributed by atoms with Crippen molar-refractivity contribution in [3.8, 4) is 0 Å². The van der Waals surface area contributed by atoms with Gasteiger partial charge >= 0.3 is 0 Å². The van der Waals surface area contributed by atoms with Crippen molar-refractivity contribution in [2.75, 3.05) is 12.4 Å². The zero-order chi connectivity index (χ0) is 15.7. The predicted molar refractivity (Wildman–Crippen MR) is 84.7 cm³/mol. The molecule has 0 saturated heterocycles. The number of amides is 1. The number of anilines is 1. The molecule has 1 heterocycles. The Morgan fingerprint density at radius 2 is 1.59 bits per heavy atom. The summed E-state index contributed by atoms with van der Waals surface area (Å²) in [6.07, 6.45) is 0. The number of sulfone groups is 1. The van der Waals surface area contributed by atoms with Gasteiger partial charge in [-0.15, -0.1) is 0 Å². The standard InChI is InChI=1S/C16H14N2O3S/c1-17-14-12-9-5-6-10-13(12)22(20,21)15(14)16(19)18-11-7-3-2-4-8-11/h2-10,17H,1H3,(H,18,19). The zero-order valence-corrected chi connectivity index (χ0v) is 12.6. The second-order valence-corrected chi connectivity index (χ2v) is 6.63. The fourth-order valence-electron chi connectivity index (χ4n) is 2.47. The van der Waals surface area contributed by atoms with Gasteiger partial charge in [-0.1, -0.05) is 36.4 Å². The Bertz CT molecular complexity index is 871. The Kier molecular flexibility index (Phi) is 3.46. The van der Waals surface area contributed by atoms with Gasteiger partial charge in [0.1, 0.15) is 0 Å². The van der Waals surface area contributed by atoms with Crippen LogP contribution < -0.4 is 10.6 Å². The molecule has 6 heteroatoms. The van der Waals surface area contributed by atoms with Gasteiger partial charge in [-0.2, -0.15) is 0 Å². The van der Waals surface area contributed by atoms with Crippen molar-refractivity contribution < 1.29 is 13.2 Å². The smallest absolute Gasteiger partial charge is 0.269 e. The maximum Gasteiger partial charge on any atom is 0.269 e. The molecule has 0 fully saturated rings. The fraction of sp³-hybridized carbons (Fsp3) is 0.0625. The van der Waals surface area contributed by atoms with E-state index in [9.17, 15) is 13.2 Å². The van der Waals surface area contributed by atoms with Gasteiger partial charge in [-0.3, -0.25) is 4.79 Å². The SMILES string of the molecule is CNC1=C(C(=O)Nc2ccccc2)S(=O)(=O)c2ccccc21. The van der Waals surface area contributed by atoms with E-state index in [1.807, 2.05) is 6.07 Å². The second-order valence-electron chi connectivity index (χ2n) is 4.77. The highest BCUT2D eigenvalue weighted by atomic mass is 32.2. The van der Waals surface area contributed by atoms with Crippen LogP contribution in [0, 0.1) is 0 Å². The van der Waals surface area contributed by atoms with Crippen LogP contribution >= 0.6 is 0 Å². The maximum absolute atomic E-state index is 12.6. The van der Waals surface area contributed by atoms with E-state index in [1.54, 1.807) is 49.5 Å². The molecule has 0 spiro atoms. The van der Waals surface area contributed by atoms with E-state index in [2.05, 4.69) is 10.6 Å². The largest absolute Gasteiger partial charge is 0.386 e. The van der Waals surface area contributed by atoms with Gasteiger partial charge in [0.15, 0.2) is 4.91 Å². The molecule has 2 N–H and O–H groups in total. The van der Waals surface area contributed by atoms with E-state index in [1.165, 1.54) is 6.07 Å². The zero-order valence-electron chi connectivity index (χ0n) is 11.8. The molecule has 3 rings (SSSR count). The van der Waals surface area contributed by atoms with Gasteiger partial charge in [0.2, 0.25) is 9.84 Å². The van der Waals surface area contributed by atoms with Crippen LogP contribution in [-0.4, -0.2) is 21.4 Å². The molecular formula is C16H14N2O3S. The van der Waals surface area contributed by atoms with Crippen molar-refractivity contribution >= 4 is 27.1 Å². The molecule has 0 bridgehead atoms. The molecule has 0 unspecified atom stereocenters. The Labute approximate surface area is 128 Å². The third kappa shape index (κ3) is 2.17. The molecule has 1 aliphatic rings. The van der Waals surface area contributed by atoms with E-state index in [-0.39, 0.29) is 9.80 Å². The first kappa shape index (κ1) is 14.3. The second kappa shape index (κ2) is 5.31. The van der Waals surface area contributed by atoms with Gasteiger partial charge < -0.3 is 10.6 Å². The highest BCUT2D eigenvalue weighted by Gasteiger charge is 2.39. The minimum absolute atomic E-state index is 0.151. The number of para-hydroxylation sites is 1. The van der Waals surface area contributed by atoms with Gasteiger partial charge in [-0.05, 0) is 18.2 Å². The summed E-state index contributed by atoms with van der Waals surface area (Å²) in [5, 5.41) is 5.45. The molecule has 0 saturated carbocycles. The van der Waals surface area contributed by atoms with E-state index >= 15 is 0 Å². The van der Waals surface area contributed by atoms with E-state index in [0.717, 1.165) is 0 Å². The Morgan fingerprint density at radius 1 is 0.955 bits per heavy atom. The van der Waals surface area contributed by atoms with Gasteiger partial charge in [-0.25, -0.2) is 8.42 Å². The summed E-state index contributed by atoms with van der Waals surface area (Å²) in [5.74, 6) is -0.647. The molecule has 1 amide bonds. The lowest BCUT2D eigenvalue weighted by Gasteiger charge is -2.08. The topological polar surface area (TPSA) is 75.3 Å². The summed E-state index contributed by atoms with van der Waals surface area (Å²) in [6, 6.07) is 15.3. The van der Waals surface area contributed by atoms with E-state index in [0.29, 0.717) is 16.9 Å². The molecule has 5 nitrogen and oxygen atoms in total. The average Bonchev–Trinajstić information content (AvgIpc) is 2.76. The molecule has 0 atom stereocenters. The van der Waals surface area contributed by atoms with Crippen molar-refractivity contribution in [1.29, 1.82) is 0 Å². The summed E-state index contributed by atoms with van der Waals surface area (Å²) in [5.41, 5.74) is 1.38. The molecule has 1 aliphatic heterocycles. The van der Waals surface area contributed by atoms with Crippen LogP contribution in [-0.2, 0) is 14.6 Å². The monoisotopic (exact) mass is 314 g/mol. The van der Waals surface area contributed by atoms with Crippen molar-refractivity contribution in [3.05, 3.63) is 65.1 Å². The van der Waals surface area contributed by atoms with Crippen LogP contribution in [0.2, 0.25) is 0 Å². The maximum atomic E-state index is 12.6. The lowest BCUT2D eigenvalue weighted by atomic mass is 10.1. The number of benzene rings is 2. The summed E-state index contributed by atoms with van der Waals surface area (Å²) >= 11 is 0. The minimum atomic E-state index is -3.82. The lowest BCUT2D eigenvalue weighted by Crippen LogP contribution is -2.21. The van der Waals surface area contributed by atoms with Crippen LogP contribution in [0.15, 0.2) is 64.4 Å². The molecule has 0 aliphatic carbocycles. The molecule has 22 heavy (non-hydrogen) atoms. The number of hydrogen-bond acceptors (Lipinski definition) is 4. The van der Waals surface area contributed by atoms with Gasteiger partial charge in [0, 0.05) is 18.3 Å². The Morgan fingerprint density at radius 3 is 2.27 bits per heavy atom. The van der Waals surface area contributed by atoms with Crippen molar-refractivity contribution in [2.45, 2.75) is 4.90 Å². The third-order valence-electron chi connectivity index (χ3n) is 3.43. The first-order chi connectivity index (χ1) is 10.6. The van der Waals surface area contributed by atoms with Crippen molar-refractivity contribution in [1.82, 2.24) is 5.32 Å². The first-order valence-corrected chi connectivity index (χ1v) is 8.17. The summed E-state index contributed by atoms with van der Waals surface area (Å²) in [7, 11) is -2.22. The van der Waals surface area contributed by atoms with Crippen LogP contribution in [0.5, 0.6) is 0 Å². The van der Waals surface area contributed by atoms with Crippen molar-refractivity contribution in [3.63, 3.8) is 0 Å². The lowest BCUT2D eigenvalue weighted by molar-refractivity contribution is -0.112. The third-order valence-corrected chi connectivity index (χ3v) is 5.29. The van der Waals surface area contributed by atoms with Crippen LogP contribution in [0.25, 0.3) is 5.70 Å². The molecule has 0 radical (unpaired) electrons. The molecular weight excluding hydrogens is 300 g/mol. The molecule has 2 aromatic carbocycles. The number of hydrogen-bond donors (Lipinski definition) is 2. The number of carbonyl (C=O) groups is 1. The Hall–Kier alpha value is -2.60. The van der Waals surface area contributed by atoms with E-state index in [4.69, 9.17) is 0 Å². The van der Waals surface area contributed by atoms with Crippen LogP contribution in [0.4, 0.5) is 5.69 Å². The van der Waals surface area contributed by atoms with Crippen molar-refractivity contribution in [2.24, 2.45) is 0 Å². The molecule has 112 valence electrons. The molecule has 0 aromatic heterocycles. The average molecular weight is 314 g/mol. The fourth-order valence-corrected chi connectivity index (χ4v) is 4.18. The van der Waals surface area contributed by atoms with E-state index < -0.39 is 15.7 Å². The molecule has 2 aromatic rings. The summed E-state index contributed by atoms with van der Waals surface area (Å²) in [4.78, 5) is 12.4. The van der Waals surface area contributed by atoms with Crippen LogP contribution in [0.1, 0.15) is 5.56 Å². The summed E-state index contributed by atoms with van der Waals surface area (Å²) < 4.78 is 25.3. The highest BCUT2D eigenvalue weighted by Crippen LogP contribution is 2.37. The minimum Gasteiger partial charge on any atom is -0.386 e. The highest BCUT2D eigenvalue weighted by molar-refractivity contribution is 7.97. The first-order valence-electron chi connectivity index (χ1n) is 6.68. The van der Waals surface area contributed by atoms with Gasteiger partial charge in [0.25, 0.3) is 5.91 Å². The quantitative estimate of drug-likeness (QED) is 0.908. The number of nitrogens with one attached hydrogen (secondary N) is 2. The Balaban J connectivity index is 2.08. The summed E-state index contributed by atoms with van der Waals surface area (Å²) in [6.45, 7) is 0. The normalized spacial score (nSPS) is 15.3.